The number of halogens is 1. The number of hydrogen-bond donors (Lipinski definition) is 1. The molecule has 2 rings (SSSR count). The van der Waals surface area contributed by atoms with Crippen LogP contribution in [0, 0.1) is 17.0 Å². The van der Waals surface area contributed by atoms with Gasteiger partial charge in [-0.05, 0) is 24.6 Å². The first-order chi connectivity index (χ1) is 9.49. The number of aromatic nitrogens is 1. The topological polar surface area (TPSA) is 91.3 Å². The Morgan fingerprint density at radius 1 is 1.40 bits per heavy atom. The number of pyridine rings is 1. The van der Waals surface area contributed by atoms with E-state index in [1.165, 1.54) is 12.1 Å². The third kappa shape index (κ3) is 3.31. The number of nitrogens with zero attached hydrogens (tertiary/aromatic N) is 2. The summed E-state index contributed by atoms with van der Waals surface area (Å²) in [6.07, 6.45) is 1.62. The van der Waals surface area contributed by atoms with Crippen molar-refractivity contribution in [2.75, 3.05) is 0 Å². The van der Waals surface area contributed by atoms with Crippen LogP contribution >= 0.6 is 15.9 Å². The first-order valence-corrected chi connectivity index (χ1v) is 6.57. The minimum atomic E-state index is -0.477. The van der Waals surface area contributed by atoms with Crippen molar-refractivity contribution in [2.45, 2.75) is 13.5 Å². The Kier molecular flexibility index (Phi) is 4.31. The van der Waals surface area contributed by atoms with Gasteiger partial charge in [-0.15, -0.1) is 0 Å². The lowest BCUT2D eigenvalue weighted by molar-refractivity contribution is -0.385. The van der Waals surface area contributed by atoms with Gasteiger partial charge in [-0.2, -0.15) is 0 Å². The summed E-state index contributed by atoms with van der Waals surface area (Å²) in [6, 6.07) is 6.27. The van der Waals surface area contributed by atoms with E-state index in [4.69, 9.17) is 10.5 Å². The molecule has 104 valence electrons. The van der Waals surface area contributed by atoms with E-state index in [0.717, 1.165) is 11.1 Å². The molecule has 0 saturated carbocycles. The highest BCUT2D eigenvalue weighted by Crippen LogP contribution is 2.30. The molecule has 0 fully saturated rings. The van der Waals surface area contributed by atoms with Gasteiger partial charge in [0.1, 0.15) is 5.75 Å². The number of nitro benzene ring substituents is 1. The zero-order valence-electron chi connectivity index (χ0n) is 10.7. The molecule has 2 N–H and O–H groups in total. The first kappa shape index (κ1) is 14.4. The van der Waals surface area contributed by atoms with Crippen molar-refractivity contribution in [1.29, 1.82) is 0 Å². The van der Waals surface area contributed by atoms with E-state index < -0.39 is 4.92 Å². The number of nitro groups is 1. The van der Waals surface area contributed by atoms with Gasteiger partial charge in [-0.25, -0.2) is 4.98 Å². The summed E-state index contributed by atoms with van der Waals surface area (Å²) in [5.74, 6) is 0.747. The quantitative estimate of drug-likeness (QED) is 0.682. The maximum absolute atomic E-state index is 10.8. The van der Waals surface area contributed by atoms with Gasteiger partial charge in [0.25, 0.3) is 5.69 Å². The Morgan fingerprint density at radius 3 is 2.75 bits per heavy atom. The summed E-state index contributed by atoms with van der Waals surface area (Å²) in [5.41, 5.74) is 7.20. The van der Waals surface area contributed by atoms with E-state index in [1.54, 1.807) is 12.3 Å². The molecule has 0 aliphatic rings. The summed E-state index contributed by atoms with van der Waals surface area (Å²) in [5, 5.41) is 10.8. The van der Waals surface area contributed by atoms with Crippen molar-refractivity contribution in [3.8, 4) is 11.6 Å². The van der Waals surface area contributed by atoms with Crippen LogP contribution in [0.25, 0.3) is 0 Å². The first-order valence-electron chi connectivity index (χ1n) is 5.78. The normalized spacial score (nSPS) is 10.3. The zero-order chi connectivity index (χ0) is 14.7. The van der Waals surface area contributed by atoms with Gasteiger partial charge in [-0.3, -0.25) is 10.1 Å². The maximum atomic E-state index is 10.8. The fourth-order valence-electron chi connectivity index (χ4n) is 1.66. The number of nitrogens with two attached hydrogens (primary N) is 1. The van der Waals surface area contributed by atoms with Crippen LogP contribution in [0.1, 0.15) is 11.1 Å². The molecule has 0 spiro atoms. The predicted molar refractivity (Wildman–Crippen MR) is 77.7 cm³/mol. The minimum absolute atomic E-state index is 0.0504. The second-order valence-electron chi connectivity index (χ2n) is 4.17. The highest BCUT2D eigenvalue weighted by molar-refractivity contribution is 9.10. The van der Waals surface area contributed by atoms with E-state index in [9.17, 15) is 10.1 Å². The lowest BCUT2D eigenvalue weighted by Gasteiger charge is -2.09. The molecule has 0 aliphatic carbocycles. The van der Waals surface area contributed by atoms with Crippen molar-refractivity contribution >= 4 is 21.6 Å². The Hall–Kier alpha value is -1.99. The number of rotatable bonds is 4. The lowest BCUT2D eigenvalue weighted by Crippen LogP contribution is -1.99. The van der Waals surface area contributed by atoms with Gasteiger partial charge in [0.15, 0.2) is 0 Å². The van der Waals surface area contributed by atoms with Gasteiger partial charge < -0.3 is 10.5 Å². The molecule has 2 aromatic rings. The maximum Gasteiger partial charge on any atom is 0.274 e. The lowest BCUT2D eigenvalue weighted by atomic mass is 10.2. The summed E-state index contributed by atoms with van der Waals surface area (Å²) in [6.45, 7) is 2.24. The molecule has 0 radical (unpaired) electrons. The number of hydrogen-bond acceptors (Lipinski definition) is 5. The van der Waals surface area contributed by atoms with Crippen molar-refractivity contribution < 1.29 is 9.66 Å². The fraction of sp³-hybridized carbons (Fsp3) is 0.154. The van der Waals surface area contributed by atoms with Crippen molar-refractivity contribution in [1.82, 2.24) is 4.98 Å². The van der Waals surface area contributed by atoms with Crippen LogP contribution in [0.4, 0.5) is 5.69 Å². The Morgan fingerprint density at radius 2 is 2.15 bits per heavy atom. The second kappa shape index (κ2) is 5.98. The molecule has 0 bridgehead atoms. The van der Waals surface area contributed by atoms with Crippen LogP contribution in [0.3, 0.4) is 0 Å². The predicted octanol–water partition coefficient (Wildman–Crippen LogP) is 3.31. The van der Waals surface area contributed by atoms with E-state index in [0.29, 0.717) is 22.6 Å². The summed E-state index contributed by atoms with van der Waals surface area (Å²) in [7, 11) is 0. The zero-order valence-corrected chi connectivity index (χ0v) is 12.3. The largest absolute Gasteiger partial charge is 0.438 e. The van der Waals surface area contributed by atoms with Crippen LogP contribution < -0.4 is 10.5 Å². The molecule has 1 aromatic carbocycles. The standard InChI is InChI=1S/C13H12BrN3O3/c1-8-2-9(6-15)7-16-13(8)20-12-4-10(14)3-11(5-12)17(18)19/h2-5,7H,6,15H2,1H3. The number of aryl methyl sites for hydroxylation is 1. The van der Waals surface area contributed by atoms with Crippen molar-refractivity contribution in [3.63, 3.8) is 0 Å². The van der Waals surface area contributed by atoms with Crippen LogP contribution in [0.15, 0.2) is 34.9 Å². The van der Waals surface area contributed by atoms with E-state index in [-0.39, 0.29) is 5.69 Å². The Bertz CT molecular complexity index is 661. The van der Waals surface area contributed by atoms with Gasteiger partial charge in [-0.1, -0.05) is 15.9 Å². The number of ether oxygens (including phenoxy) is 1. The third-order valence-corrected chi connectivity index (χ3v) is 3.06. The molecule has 6 nitrogen and oxygen atoms in total. The van der Waals surface area contributed by atoms with Crippen LogP contribution in [0.5, 0.6) is 11.6 Å². The molecule has 1 aromatic heterocycles. The highest BCUT2D eigenvalue weighted by atomic mass is 79.9. The summed E-state index contributed by atoms with van der Waals surface area (Å²) in [4.78, 5) is 14.5. The molecule has 1 heterocycles. The molecular formula is C13H12BrN3O3. The average molecular weight is 338 g/mol. The van der Waals surface area contributed by atoms with E-state index in [2.05, 4.69) is 20.9 Å². The third-order valence-electron chi connectivity index (χ3n) is 2.60. The van der Waals surface area contributed by atoms with Crippen molar-refractivity contribution in [3.05, 3.63) is 56.2 Å². The Balaban J connectivity index is 2.32. The number of non-ortho nitro benzene ring substituents is 1. The van der Waals surface area contributed by atoms with E-state index >= 15 is 0 Å². The molecule has 7 heteroatoms. The Labute approximate surface area is 123 Å². The van der Waals surface area contributed by atoms with Crippen LogP contribution in [-0.2, 0) is 6.54 Å². The minimum Gasteiger partial charge on any atom is -0.438 e. The van der Waals surface area contributed by atoms with Gasteiger partial charge in [0, 0.05) is 28.8 Å². The monoisotopic (exact) mass is 337 g/mol. The molecule has 0 atom stereocenters. The van der Waals surface area contributed by atoms with Crippen LogP contribution in [0.2, 0.25) is 0 Å². The van der Waals surface area contributed by atoms with E-state index in [1.807, 2.05) is 13.0 Å². The smallest absolute Gasteiger partial charge is 0.274 e. The highest BCUT2D eigenvalue weighted by Gasteiger charge is 2.11. The molecule has 0 aliphatic heterocycles. The van der Waals surface area contributed by atoms with Gasteiger partial charge in [0.05, 0.1) is 11.0 Å². The van der Waals surface area contributed by atoms with Crippen LogP contribution in [-0.4, -0.2) is 9.91 Å². The molecule has 20 heavy (non-hydrogen) atoms. The number of benzene rings is 1. The molecule has 0 amide bonds. The molecule has 0 unspecified atom stereocenters. The van der Waals surface area contributed by atoms with Gasteiger partial charge >= 0.3 is 0 Å². The molecule has 0 saturated heterocycles. The molecular weight excluding hydrogens is 326 g/mol. The summed E-state index contributed by atoms with van der Waals surface area (Å²) < 4.78 is 6.16. The second-order valence-corrected chi connectivity index (χ2v) is 5.09. The SMILES string of the molecule is Cc1cc(CN)cnc1Oc1cc(Br)cc([N+](=O)[O-])c1. The van der Waals surface area contributed by atoms with Crippen molar-refractivity contribution in [2.24, 2.45) is 5.73 Å². The average Bonchev–Trinajstić information content (AvgIpc) is 2.40. The fourth-order valence-corrected chi connectivity index (χ4v) is 2.12. The summed E-state index contributed by atoms with van der Waals surface area (Å²) >= 11 is 3.21. The van der Waals surface area contributed by atoms with Gasteiger partial charge in [0.2, 0.25) is 5.88 Å².